The van der Waals surface area contributed by atoms with Crippen molar-refractivity contribution in [2.45, 2.75) is 39.2 Å². The Hall–Kier alpha value is -0.890. The van der Waals surface area contributed by atoms with Gasteiger partial charge in [0.05, 0.1) is 11.7 Å². The SMILES string of the molecule is CCCN(CC)C1CCc2cccnc21. The first kappa shape index (κ1) is 10.6. The van der Waals surface area contributed by atoms with Gasteiger partial charge in [-0.2, -0.15) is 0 Å². The van der Waals surface area contributed by atoms with E-state index in [2.05, 4.69) is 35.9 Å². The first-order chi connectivity index (χ1) is 7.36. The summed E-state index contributed by atoms with van der Waals surface area (Å²) in [5.41, 5.74) is 2.78. The van der Waals surface area contributed by atoms with Crippen molar-refractivity contribution in [3.05, 3.63) is 29.6 Å². The van der Waals surface area contributed by atoms with Crippen molar-refractivity contribution >= 4 is 0 Å². The standard InChI is InChI=1S/C13H20N2/c1-3-10-15(4-2)12-8-7-11-6-5-9-14-13(11)12/h5-6,9,12H,3-4,7-8,10H2,1-2H3. The van der Waals surface area contributed by atoms with Crippen LogP contribution in [0.2, 0.25) is 0 Å². The van der Waals surface area contributed by atoms with E-state index >= 15 is 0 Å². The highest BCUT2D eigenvalue weighted by atomic mass is 15.2. The van der Waals surface area contributed by atoms with Crippen molar-refractivity contribution in [1.82, 2.24) is 9.88 Å². The zero-order valence-corrected chi connectivity index (χ0v) is 9.74. The molecule has 1 aromatic rings. The number of aromatic nitrogens is 1. The van der Waals surface area contributed by atoms with Gasteiger partial charge in [-0.3, -0.25) is 9.88 Å². The molecule has 1 aliphatic carbocycles. The molecule has 0 radical (unpaired) electrons. The largest absolute Gasteiger partial charge is 0.295 e. The molecule has 2 rings (SSSR count). The van der Waals surface area contributed by atoms with E-state index in [1.807, 2.05) is 6.20 Å². The maximum Gasteiger partial charge on any atom is 0.0607 e. The van der Waals surface area contributed by atoms with Crippen LogP contribution in [0.5, 0.6) is 0 Å². The van der Waals surface area contributed by atoms with E-state index in [0.717, 1.165) is 6.54 Å². The lowest BCUT2D eigenvalue weighted by Gasteiger charge is -2.26. The van der Waals surface area contributed by atoms with E-state index in [-0.39, 0.29) is 0 Å². The zero-order valence-electron chi connectivity index (χ0n) is 9.74. The minimum absolute atomic E-state index is 0.575. The number of rotatable bonds is 4. The third-order valence-electron chi connectivity index (χ3n) is 3.29. The van der Waals surface area contributed by atoms with Gasteiger partial charge in [0, 0.05) is 6.20 Å². The normalized spacial score (nSPS) is 19.5. The second kappa shape index (κ2) is 4.75. The fraction of sp³-hybridized carbons (Fsp3) is 0.615. The first-order valence-electron chi connectivity index (χ1n) is 6.04. The van der Waals surface area contributed by atoms with E-state index in [1.54, 1.807) is 0 Å². The van der Waals surface area contributed by atoms with Crippen LogP contribution in [0.4, 0.5) is 0 Å². The van der Waals surface area contributed by atoms with Gasteiger partial charge in [0.2, 0.25) is 0 Å². The molecular formula is C13H20N2. The van der Waals surface area contributed by atoms with Crippen molar-refractivity contribution in [3.63, 3.8) is 0 Å². The molecule has 1 unspecified atom stereocenters. The van der Waals surface area contributed by atoms with Crippen LogP contribution in [-0.4, -0.2) is 23.0 Å². The molecule has 1 aliphatic rings. The fourth-order valence-corrected chi connectivity index (χ4v) is 2.57. The smallest absolute Gasteiger partial charge is 0.0607 e. The lowest BCUT2D eigenvalue weighted by molar-refractivity contribution is 0.204. The van der Waals surface area contributed by atoms with Crippen LogP contribution in [0.15, 0.2) is 18.3 Å². The Kier molecular flexibility index (Phi) is 3.37. The number of hydrogen-bond acceptors (Lipinski definition) is 2. The van der Waals surface area contributed by atoms with Crippen LogP contribution in [0.3, 0.4) is 0 Å². The summed E-state index contributed by atoms with van der Waals surface area (Å²) < 4.78 is 0. The zero-order chi connectivity index (χ0) is 10.7. The molecule has 0 aliphatic heterocycles. The topological polar surface area (TPSA) is 16.1 Å². The molecule has 82 valence electrons. The van der Waals surface area contributed by atoms with E-state index < -0.39 is 0 Å². The third-order valence-corrected chi connectivity index (χ3v) is 3.29. The summed E-state index contributed by atoms with van der Waals surface area (Å²) in [7, 11) is 0. The van der Waals surface area contributed by atoms with Gasteiger partial charge in [-0.25, -0.2) is 0 Å². The van der Waals surface area contributed by atoms with Gasteiger partial charge >= 0.3 is 0 Å². The van der Waals surface area contributed by atoms with E-state index in [1.165, 1.54) is 37.1 Å². The maximum absolute atomic E-state index is 4.55. The minimum atomic E-state index is 0.575. The Morgan fingerprint density at radius 2 is 2.33 bits per heavy atom. The van der Waals surface area contributed by atoms with Crippen LogP contribution in [0.25, 0.3) is 0 Å². The molecular weight excluding hydrogens is 184 g/mol. The fourth-order valence-electron chi connectivity index (χ4n) is 2.57. The highest BCUT2D eigenvalue weighted by Crippen LogP contribution is 2.33. The Morgan fingerprint density at radius 3 is 3.07 bits per heavy atom. The Bertz CT molecular complexity index is 322. The highest BCUT2D eigenvalue weighted by molar-refractivity contribution is 5.27. The molecule has 1 atom stereocenters. The Labute approximate surface area is 92.3 Å². The number of fused-ring (bicyclic) bond motifs is 1. The van der Waals surface area contributed by atoms with Gasteiger partial charge in [0.1, 0.15) is 0 Å². The summed E-state index contributed by atoms with van der Waals surface area (Å²) in [6.45, 7) is 6.82. The van der Waals surface area contributed by atoms with E-state index in [9.17, 15) is 0 Å². The van der Waals surface area contributed by atoms with Gasteiger partial charge < -0.3 is 0 Å². The average Bonchev–Trinajstić information content (AvgIpc) is 2.70. The van der Waals surface area contributed by atoms with Gasteiger partial charge in [0.25, 0.3) is 0 Å². The molecule has 1 heterocycles. The molecule has 0 saturated carbocycles. The predicted molar refractivity (Wildman–Crippen MR) is 62.8 cm³/mol. The second-order valence-corrected chi connectivity index (χ2v) is 4.23. The molecule has 0 aromatic carbocycles. The first-order valence-corrected chi connectivity index (χ1v) is 6.04. The van der Waals surface area contributed by atoms with Crippen molar-refractivity contribution in [1.29, 1.82) is 0 Å². The van der Waals surface area contributed by atoms with Crippen molar-refractivity contribution in [2.24, 2.45) is 0 Å². The van der Waals surface area contributed by atoms with Crippen molar-refractivity contribution < 1.29 is 0 Å². The number of aryl methyl sites for hydroxylation is 1. The molecule has 0 spiro atoms. The quantitative estimate of drug-likeness (QED) is 0.749. The number of hydrogen-bond donors (Lipinski definition) is 0. The summed E-state index contributed by atoms with van der Waals surface area (Å²) in [5.74, 6) is 0. The maximum atomic E-state index is 4.55. The summed E-state index contributed by atoms with van der Waals surface area (Å²) in [6, 6.07) is 4.85. The number of nitrogens with zero attached hydrogens (tertiary/aromatic N) is 2. The Morgan fingerprint density at radius 1 is 1.47 bits per heavy atom. The third kappa shape index (κ3) is 2.05. The van der Waals surface area contributed by atoms with Gasteiger partial charge in [-0.05, 0) is 44.0 Å². The molecule has 2 nitrogen and oxygen atoms in total. The van der Waals surface area contributed by atoms with Crippen LogP contribution < -0.4 is 0 Å². The Balaban J connectivity index is 2.18. The summed E-state index contributed by atoms with van der Waals surface area (Å²) in [6.07, 6.45) is 5.61. The molecule has 0 N–H and O–H groups in total. The minimum Gasteiger partial charge on any atom is -0.295 e. The second-order valence-electron chi connectivity index (χ2n) is 4.23. The molecule has 15 heavy (non-hydrogen) atoms. The predicted octanol–water partition coefficient (Wildman–Crippen LogP) is 2.80. The molecule has 0 saturated heterocycles. The van der Waals surface area contributed by atoms with E-state index in [4.69, 9.17) is 0 Å². The lowest BCUT2D eigenvalue weighted by Crippen LogP contribution is -2.28. The summed E-state index contributed by atoms with van der Waals surface area (Å²) >= 11 is 0. The molecule has 0 bridgehead atoms. The lowest BCUT2D eigenvalue weighted by atomic mass is 10.2. The van der Waals surface area contributed by atoms with Crippen LogP contribution >= 0.6 is 0 Å². The van der Waals surface area contributed by atoms with Gasteiger partial charge in [-0.1, -0.05) is 19.9 Å². The van der Waals surface area contributed by atoms with E-state index in [0.29, 0.717) is 6.04 Å². The summed E-state index contributed by atoms with van der Waals surface area (Å²) in [5, 5.41) is 0. The summed E-state index contributed by atoms with van der Waals surface area (Å²) in [4.78, 5) is 7.10. The van der Waals surface area contributed by atoms with Crippen LogP contribution in [0, 0.1) is 0 Å². The van der Waals surface area contributed by atoms with Gasteiger partial charge in [-0.15, -0.1) is 0 Å². The van der Waals surface area contributed by atoms with Gasteiger partial charge in [0.15, 0.2) is 0 Å². The monoisotopic (exact) mass is 204 g/mol. The highest BCUT2D eigenvalue weighted by Gasteiger charge is 2.27. The molecule has 0 fully saturated rings. The van der Waals surface area contributed by atoms with Crippen molar-refractivity contribution in [3.8, 4) is 0 Å². The molecule has 2 heteroatoms. The average molecular weight is 204 g/mol. The molecule has 0 amide bonds. The van der Waals surface area contributed by atoms with Crippen molar-refractivity contribution in [2.75, 3.05) is 13.1 Å². The number of pyridine rings is 1. The molecule has 1 aromatic heterocycles. The van der Waals surface area contributed by atoms with Crippen LogP contribution in [-0.2, 0) is 6.42 Å². The van der Waals surface area contributed by atoms with Crippen LogP contribution in [0.1, 0.15) is 44.0 Å².